The van der Waals surface area contributed by atoms with Gasteiger partial charge in [-0.2, -0.15) is 0 Å². The minimum Gasteiger partial charge on any atom is -0.496 e. The number of amides is 1. The van der Waals surface area contributed by atoms with Gasteiger partial charge < -0.3 is 15.0 Å². The lowest BCUT2D eigenvalue weighted by Gasteiger charge is -2.23. The minimum absolute atomic E-state index is 0.0674. The molecule has 1 atom stereocenters. The second-order valence-corrected chi connectivity index (χ2v) is 7.05. The van der Waals surface area contributed by atoms with Crippen molar-refractivity contribution in [3.8, 4) is 5.75 Å². The molecule has 0 aliphatic rings. The minimum atomic E-state index is -0.0674. The van der Waals surface area contributed by atoms with Gasteiger partial charge in [-0.25, -0.2) is 0 Å². The normalized spacial score (nSPS) is 12.3. The summed E-state index contributed by atoms with van der Waals surface area (Å²) in [5, 5.41) is 6.99. The Morgan fingerprint density at radius 3 is 2.52 bits per heavy atom. The number of thiophene rings is 1. The molecule has 25 heavy (non-hydrogen) atoms. The predicted molar refractivity (Wildman–Crippen MR) is 104 cm³/mol. The van der Waals surface area contributed by atoms with Crippen molar-refractivity contribution >= 4 is 28.0 Å². The number of rotatable bonds is 6. The molecule has 3 rings (SSSR count). The quantitative estimate of drug-likeness (QED) is 0.729. The molecule has 3 aromatic rings. The zero-order chi connectivity index (χ0) is 17.8. The third-order valence-electron chi connectivity index (χ3n) is 4.30. The molecule has 0 radical (unpaired) electrons. The summed E-state index contributed by atoms with van der Waals surface area (Å²) in [5.74, 6) is 0.708. The standard InChI is InChI=1S/C20H22N2O2S/c1-22(2)17(19-9-6-12-25-19)13-21-20(23)16-10-11-18(24-3)15-8-5-4-7-14(15)16/h4-12,17H,13H2,1-3H3,(H,21,23). The summed E-state index contributed by atoms with van der Waals surface area (Å²) in [4.78, 5) is 16.2. The van der Waals surface area contributed by atoms with E-state index in [1.165, 1.54) is 4.88 Å². The molecule has 0 spiro atoms. The van der Waals surface area contributed by atoms with Gasteiger partial charge in [0.1, 0.15) is 5.75 Å². The van der Waals surface area contributed by atoms with Crippen LogP contribution < -0.4 is 10.1 Å². The van der Waals surface area contributed by atoms with E-state index in [0.717, 1.165) is 16.5 Å². The van der Waals surface area contributed by atoms with Crippen LogP contribution in [0.25, 0.3) is 10.8 Å². The van der Waals surface area contributed by atoms with E-state index in [2.05, 4.69) is 21.7 Å². The average Bonchev–Trinajstić information content (AvgIpc) is 3.14. The average molecular weight is 354 g/mol. The topological polar surface area (TPSA) is 41.6 Å². The van der Waals surface area contributed by atoms with Gasteiger partial charge >= 0.3 is 0 Å². The molecule has 0 aliphatic heterocycles. The van der Waals surface area contributed by atoms with Crippen LogP contribution in [0, 0.1) is 0 Å². The fraction of sp³-hybridized carbons (Fsp3) is 0.250. The summed E-state index contributed by atoms with van der Waals surface area (Å²) in [7, 11) is 5.70. The lowest BCUT2D eigenvalue weighted by atomic mass is 10.0. The summed E-state index contributed by atoms with van der Waals surface area (Å²) >= 11 is 1.70. The molecular weight excluding hydrogens is 332 g/mol. The maximum atomic E-state index is 12.8. The molecule has 0 saturated carbocycles. The largest absolute Gasteiger partial charge is 0.496 e. The van der Waals surface area contributed by atoms with E-state index in [1.54, 1.807) is 18.4 Å². The maximum absolute atomic E-state index is 12.8. The number of nitrogens with one attached hydrogen (secondary N) is 1. The van der Waals surface area contributed by atoms with Gasteiger partial charge in [0.2, 0.25) is 0 Å². The third-order valence-corrected chi connectivity index (χ3v) is 5.27. The third kappa shape index (κ3) is 3.67. The van der Waals surface area contributed by atoms with Crippen molar-refractivity contribution in [3.05, 3.63) is 64.4 Å². The molecule has 1 N–H and O–H groups in total. The van der Waals surface area contributed by atoms with Crippen LogP contribution in [-0.2, 0) is 0 Å². The maximum Gasteiger partial charge on any atom is 0.251 e. The molecule has 1 aromatic heterocycles. The van der Waals surface area contributed by atoms with Crippen molar-refractivity contribution in [1.82, 2.24) is 10.2 Å². The fourth-order valence-corrected chi connectivity index (χ4v) is 3.87. The number of methoxy groups -OCH3 is 1. The lowest BCUT2D eigenvalue weighted by molar-refractivity contribution is 0.0944. The summed E-state index contributed by atoms with van der Waals surface area (Å²) < 4.78 is 5.40. The van der Waals surface area contributed by atoms with Crippen LogP contribution >= 0.6 is 11.3 Å². The summed E-state index contributed by atoms with van der Waals surface area (Å²) in [6, 6.07) is 15.8. The summed E-state index contributed by atoms with van der Waals surface area (Å²) in [6.45, 7) is 0.562. The van der Waals surface area contributed by atoms with Gasteiger partial charge in [-0.05, 0) is 43.1 Å². The van der Waals surface area contributed by atoms with E-state index in [0.29, 0.717) is 12.1 Å². The molecular formula is C20H22N2O2S. The first-order valence-corrected chi connectivity index (χ1v) is 9.03. The smallest absolute Gasteiger partial charge is 0.251 e. The molecule has 1 unspecified atom stereocenters. The predicted octanol–water partition coefficient (Wildman–Crippen LogP) is 3.94. The van der Waals surface area contributed by atoms with Crippen LogP contribution in [0.15, 0.2) is 53.9 Å². The number of carbonyl (C=O) groups excluding carboxylic acids is 1. The Balaban J connectivity index is 1.83. The highest BCUT2D eigenvalue weighted by Gasteiger charge is 2.18. The number of carbonyl (C=O) groups is 1. The molecule has 2 aromatic carbocycles. The zero-order valence-electron chi connectivity index (χ0n) is 14.7. The van der Waals surface area contributed by atoms with Gasteiger partial charge in [0.05, 0.1) is 13.2 Å². The van der Waals surface area contributed by atoms with Gasteiger partial charge in [0.25, 0.3) is 5.91 Å². The Morgan fingerprint density at radius 2 is 1.88 bits per heavy atom. The monoisotopic (exact) mass is 354 g/mol. The van der Waals surface area contributed by atoms with E-state index in [4.69, 9.17) is 4.74 Å². The van der Waals surface area contributed by atoms with Gasteiger partial charge in [-0.1, -0.05) is 30.3 Å². The van der Waals surface area contributed by atoms with Crippen molar-refractivity contribution in [2.75, 3.05) is 27.7 Å². The second-order valence-electron chi connectivity index (χ2n) is 6.07. The lowest BCUT2D eigenvalue weighted by Crippen LogP contribution is -2.34. The number of ether oxygens (including phenoxy) is 1. The molecule has 130 valence electrons. The van der Waals surface area contributed by atoms with Gasteiger partial charge in [-0.15, -0.1) is 11.3 Å². The summed E-state index contributed by atoms with van der Waals surface area (Å²) in [5.41, 5.74) is 0.667. The number of fused-ring (bicyclic) bond motifs is 1. The van der Waals surface area contributed by atoms with Crippen LogP contribution in [0.2, 0.25) is 0 Å². The number of benzene rings is 2. The zero-order valence-corrected chi connectivity index (χ0v) is 15.5. The highest BCUT2D eigenvalue weighted by atomic mass is 32.1. The van der Waals surface area contributed by atoms with E-state index < -0.39 is 0 Å². The molecule has 5 heteroatoms. The van der Waals surface area contributed by atoms with Crippen molar-refractivity contribution < 1.29 is 9.53 Å². The molecule has 0 aliphatic carbocycles. The Labute approximate surface area is 152 Å². The number of hydrogen-bond acceptors (Lipinski definition) is 4. The molecule has 1 heterocycles. The second kappa shape index (κ2) is 7.68. The van der Waals surface area contributed by atoms with Crippen LogP contribution in [0.1, 0.15) is 21.3 Å². The van der Waals surface area contributed by atoms with E-state index in [-0.39, 0.29) is 11.9 Å². The van der Waals surface area contributed by atoms with E-state index >= 15 is 0 Å². The van der Waals surface area contributed by atoms with E-state index in [9.17, 15) is 4.79 Å². The van der Waals surface area contributed by atoms with Crippen molar-refractivity contribution in [3.63, 3.8) is 0 Å². The fourth-order valence-electron chi connectivity index (χ4n) is 2.95. The first kappa shape index (κ1) is 17.5. The van der Waals surface area contributed by atoms with E-state index in [1.807, 2.05) is 56.6 Å². The Bertz CT molecular complexity index is 859. The molecule has 1 amide bonds. The highest BCUT2D eigenvalue weighted by molar-refractivity contribution is 7.10. The molecule has 0 saturated heterocycles. The van der Waals surface area contributed by atoms with Gasteiger partial charge in [0.15, 0.2) is 0 Å². The van der Waals surface area contributed by atoms with Crippen LogP contribution in [0.4, 0.5) is 0 Å². The Kier molecular flexibility index (Phi) is 5.36. The van der Waals surface area contributed by atoms with Crippen LogP contribution in [0.3, 0.4) is 0 Å². The summed E-state index contributed by atoms with van der Waals surface area (Å²) in [6.07, 6.45) is 0. The first-order chi connectivity index (χ1) is 12.1. The molecule has 0 fully saturated rings. The SMILES string of the molecule is COc1ccc(C(=O)NCC(c2cccs2)N(C)C)c2ccccc12. The number of hydrogen-bond donors (Lipinski definition) is 1. The highest BCUT2D eigenvalue weighted by Crippen LogP contribution is 2.28. The first-order valence-electron chi connectivity index (χ1n) is 8.15. The van der Waals surface area contributed by atoms with Gasteiger partial charge in [0, 0.05) is 22.4 Å². The molecule has 4 nitrogen and oxygen atoms in total. The van der Waals surface area contributed by atoms with Crippen molar-refractivity contribution in [2.24, 2.45) is 0 Å². The molecule has 0 bridgehead atoms. The van der Waals surface area contributed by atoms with Crippen LogP contribution in [-0.4, -0.2) is 38.6 Å². The van der Waals surface area contributed by atoms with Crippen LogP contribution in [0.5, 0.6) is 5.75 Å². The number of nitrogens with zero attached hydrogens (tertiary/aromatic N) is 1. The number of likely N-dealkylation sites (N-methyl/N-ethyl adjacent to an activating group) is 1. The van der Waals surface area contributed by atoms with Crippen molar-refractivity contribution in [1.29, 1.82) is 0 Å². The Morgan fingerprint density at radius 1 is 1.12 bits per heavy atom. The van der Waals surface area contributed by atoms with Crippen molar-refractivity contribution in [2.45, 2.75) is 6.04 Å². The Hall–Kier alpha value is -2.37. The van der Waals surface area contributed by atoms with Gasteiger partial charge in [-0.3, -0.25) is 4.79 Å².